The van der Waals surface area contributed by atoms with Gasteiger partial charge in [0, 0.05) is 49.7 Å². The Labute approximate surface area is 230 Å². The first-order valence-electron chi connectivity index (χ1n) is 13.9. The van der Waals surface area contributed by atoms with Crippen LogP contribution in [0.5, 0.6) is 6.01 Å². The van der Waals surface area contributed by atoms with E-state index >= 15 is 4.39 Å². The lowest BCUT2D eigenvalue weighted by atomic mass is 9.95. The molecule has 5 heterocycles. The van der Waals surface area contributed by atoms with Crippen LogP contribution in [0.15, 0.2) is 42.6 Å². The molecule has 2 aromatic heterocycles. The Balaban J connectivity index is 1.34. The quantitative estimate of drug-likeness (QED) is 0.369. The zero-order valence-electron chi connectivity index (χ0n) is 22.3. The van der Waals surface area contributed by atoms with Crippen LogP contribution < -0.4 is 15.0 Å². The predicted octanol–water partition coefficient (Wildman–Crippen LogP) is 4.88. The third-order valence-corrected chi connectivity index (χ3v) is 8.90. The second-order valence-corrected chi connectivity index (χ2v) is 11.3. The summed E-state index contributed by atoms with van der Waals surface area (Å²) in [5, 5.41) is 4.77. The fourth-order valence-corrected chi connectivity index (χ4v) is 6.83. The van der Waals surface area contributed by atoms with Gasteiger partial charge < -0.3 is 15.0 Å². The van der Waals surface area contributed by atoms with E-state index in [4.69, 9.17) is 9.72 Å². The molecule has 0 bridgehead atoms. The molecule has 3 saturated heterocycles. The lowest BCUT2D eigenvalue weighted by molar-refractivity contribution is 0.107. The lowest BCUT2D eigenvalue weighted by Gasteiger charge is -2.31. The summed E-state index contributed by atoms with van der Waals surface area (Å²) in [4.78, 5) is 17.9. The minimum Gasteiger partial charge on any atom is -0.461 e. The molecular weight excluding hydrogens is 517 g/mol. The number of benzene rings is 2. The Morgan fingerprint density at radius 3 is 2.85 bits per heavy atom. The average Bonchev–Trinajstić information content (AvgIpc) is 3.68. The molecule has 0 aliphatic carbocycles. The summed E-state index contributed by atoms with van der Waals surface area (Å²) >= 11 is 0. The smallest absolute Gasteiger partial charge is 0.319 e. The fourth-order valence-electron chi connectivity index (χ4n) is 6.83. The van der Waals surface area contributed by atoms with Crippen LogP contribution in [0.4, 0.5) is 19.0 Å². The minimum absolute atomic E-state index is 0.0145. The predicted molar refractivity (Wildman–Crippen MR) is 148 cm³/mol. The van der Waals surface area contributed by atoms with Crippen LogP contribution >= 0.6 is 0 Å². The zero-order chi connectivity index (χ0) is 27.4. The minimum atomic E-state index is -0.884. The number of ether oxygens (including phenoxy) is 1. The first-order valence-corrected chi connectivity index (χ1v) is 13.9. The Hall–Kier alpha value is -3.50. The second kappa shape index (κ2) is 9.85. The van der Waals surface area contributed by atoms with Crippen LogP contribution in [-0.2, 0) is 0 Å². The highest BCUT2D eigenvalue weighted by Gasteiger charge is 2.49. The van der Waals surface area contributed by atoms with Gasteiger partial charge in [0.25, 0.3) is 0 Å². The van der Waals surface area contributed by atoms with Crippen molar-refractivity contribution in [1.29, 1.82) is 0 Å². The molecule has 40 heavy (non-hydrogen) atoms. The van der Waals surface area contributed by atoms with Crippen molar-refractivity contribution in [3.8, 4) is 17.3 Å². The van der Waals surface area contributed by atoms with Gasteiger partial charge in [0.2, 0.25) is 0 Å². The summed E-state index contributed by atoms with van der Waals surface area (Å²) in [5.74, 6) is -0.588. The molecule has 1 N–H and O–H groups in total. The van der Waals surface area contributed by atoms with Crippen LogP contribution in [0.25, 0.3) is 32.9 Å². The van der Waals surface area contributed by atoms with Crippen molar-refractivity contribution in [3.05, 3.63) is 54.2 Å². The molecular formula is C30H31F3N6O. The third kappa shape index (κ3) is 4.16. The van der Waals surface area contributed by atoms with Crippen molar-refractivity contribution >= 4 is 27.5 Å². The van der Waals surface area contributed by atoms with Crippen molar-refractivity contribution in [3.63, 3.8) is 0 Å². The summed E-state index contributed by atoms with van der Waals surface area (Å²) in [7, 11) is 1.93. The largest absolute Gasteiger partial charge is 0.461 e. The van der Waals surface area contributed by atoms with E-state index in [0.29, 0.717) is 40.5 Å². The highest BCUT2D eigenvalue weighted by atomic mass is 19.1. The molecule has 3 aliphatic rings. The number of alkyl halides is 1. The highest BCUT2D eigenvalue weighted by Crippen LogP contribution is 2.41. The normalized spacial score (nSPS) is 24.7. The number of aromatic nitrogens is 3. The molecule has 208 valence electrons. The standard InChI is InChI=1S/C30H31F3N6O/c1-38(20-9-11-34-14-20)28-22-15-35-26(21-7-2-5-18-6-3-8-23(32)24(18)21)25(33)27(22)36-29(37-28)40-17-30-10-4-12-39(30)16-19(31)13-30/h2-3,5-8,15,19-20,34H,4,9-14,16-17H2,1H3/t19-,20-,30+/m1/s1. The van der Waals surface area contributed by atoms with Gasteiger partial charge in [-0.05, 0) is 43.8 Å². The highest BCUT2D eigenvalue weighted by molar-refractivity contribution is 5.99. The average molecular weight is 549 g/mol. The number of halogens is 3. The van der Waals surface area contributed by atoms with Gasteiger partial charge >= 0.3 is 6.01 Å². The molecule has 7 nitrogen and oxygen atoms in total. The molecule has 0 radical (unpaired) electrons. The molecule has 2 aromatic carbocycles. The number of hydrogen-bond acceptors (Lipinski definition) is 7. The summed E-state index contributed by atoms with van der Waals surface area (Å²) in [6.07, 6.45) is 3.84. The number of pyridine rings is 1. The van der Waals surface area contributed by atoms with E-state index in [2.05, 4.69) is 20.2 Å². The van der Waals surface area contributed by atoms with Gasteiger partial charge in [-0.2, -0.15) is 9.97 Å². The molecule has 4 aromatic rings. The van der Waals surface area contributed by atoms with Crippen molar-refractivity contribution < 1.29 is 17.9 Å². The summed E-state index contributed by atoms with van der Waals surface area (Å²) in [5.41, 5.74) is 0.0421. The molecule has 7 rings (SSSR count). The number of rotatable bonds is 6. The van der Waals surface area contributed by atoms with E-state index in [1.54, 1.807) is 36.5 Å². The monoisotopic (exact) mass is 548 g/mol. The molecule has 0 amide bonds. The number of nitrogens with zero attached hydrogens (tertiary/aromatic N) is 5. The van der Waals surface area contributed by atoms with Gasteiger partial charge in [0.05, 0.1) is 10.9 Å². The van der Waals surface area contributed by atoms with E-state index in [1.807, 2.05) is 11.9 Å². The van der Waals surface area contributed by atoms with E-state index in [-0.39, 0.29) is 35.4 Å². The van der Waals surface area contributed by atoms with Crippen molar-refractivity contribution in [2.45, 2.75) is 43.4 Å². The third-order valence-electron chi connectivity index (χ3n) is 8.90. The van der Waals surface area contributed by atoms with Gasteiger partial charge in [-0.1, -0.05) is 30.3 Å². The zero-order valence-corrected chi connectivity index (χ0v) is 22.3. The summed E-state index contributed by atoms with van der Waals surface area (Å²) < 4.78 is 51.8. The van der Waals surface area contributed by atoms with Crippen molar-refractivity contribution in [1.82, 2.24) is 25.2 Å². The van der Waals surface area contributed by atoms with E-state index in [1.165, 1.54) is 6.07 Å². The van der Waals surface area contributed by atoms with Crippen LogP contribution in [0.3, 0.4) is 0 Å². The Morgan fingerprint density at radius 2 is 2.02 bits per heavy atom. The molecule has 0 spiro atoms. The van der Waals surface area contributed by atoms with E-state index < -0.39 is 17.8 Å². The molecule has 0 unspecified atom stereocenters. The van der Waals surface area contributed by atoms with Gasteiger partial charge in [0.1, 0.15) is 35.6 Å². The number of nitrogens with one attached hydrogen (secondary N) is 1. The summed E-state index contributed by atoms with van der Waals surface area (Å²) in [6.45, 7) is 3.15. The van der Waals surface area contributed by atoms with Crippen LogP contribution in [0.2, 0.25) is 0 Å². The topological polar surface area (TPSA) is 66.4 Å². The maximum absolute atomic E-state index is 16.4. The SMILES string of the molecule is CN(c1nc(OC[C@@]23CCCN2C[C@H](F)C3)nc2c(F)c(-c3cccc4cccc(F)c34)ncc12)[C@@H]1CCNC1. The Bertz CT molecular complexity index is 1590. The maximum atomic E-state index is 16.4. The maximum Gasteiger partial charge on any atom is 0.319 e. The van der Waals surface area contributed by atoms with Gasteiger partial charge in [-0.3, -0.25) is 9.88 Å². The van der Waals surface area contributed by atoms with Gasteiger partial charge in [0.15, 0.2) is 5.82 Å². The first kappa shape index (κ1) is 25.5. The first-order chi connectivity index (χ1) is 19.4. The van der Waals surface area contributed by atoms with Crippen LogP contribution in [0.1, 0.15) is 25.7 Å². The molecule has 3 fully saturated rings. The second-order valence-electron chi connectivity index (χ2n) is 11.3. The lowest BCUT2D eigenvalue weighted by Crippen LogP contribution is -2.43. The van der Waals surface area contributed by atoms with Gasteiger partial charge in [-0.25, -0.2) is 13.2 Å². The Kier molecular flexibility index (Phi) is 6.27. The van der Waals surface area contributed by atoms with Crippen molar-refractivity contribution in [2.24, 2.45) is 0 Å². The number of fused-ring (bicyclic) bond motifs is 3. The van der Waals surface area contributed by atoms with E-state index in [0.717, 1.165) is 38.9 Å². The van der Waals surface area contributed by atoms with E-state index in [9.17, 15) is 8.78 Å². The van der Waals surface area contributed by atoms with Crippen LogP contribution in [0, 0.1) is 11.6 Å². The summed E-state index contributed by atoms with van der Waals surface area (Å²) in [6, 6.07) is 10.2. The Morgan fingerprint density at radius 1 is 1.18 bits per heavy atom. The molecule has 0 saturated carbocycles. The molecule has 10 heteroatoms. The molecule has 3 aliphatic heterocycles. The van der Waals surface area contributed by atoms with Crippen molar-refractivity contribution in [2.75, 3.05) is 44.7 Å². The number of likely N-dealkylation sites (N-methyl/N-ethyl adjacent to an activating group) is 1. The molecule has 3 atom stereocenters. The van der Waals surface area contributed by atoms with Crippen LogP contribution in [-0.4, -0.2) is 77.4 Å². The van der Waals surface area contributed by atoms with Gasteiger partial charge in [-0.15, -0.1) is 0 Å². The number of anilines is 1. The number of hydrogen-bond donors (Lipinski definition) is 1. The fraction of sp³-hybridized carbons (Fsp3) is 0.433.